The molecule has 0 aromatic heterocycles. The molecule has 132 valence electrons. The van der Waals surface area contributed by atoms with Gasteiger partial charge < -0.3 is 9.64 Å². The summed E-state index contributed by atoms with van der Waals surface area (Å²) in [6.45, 7) is 5.85. The minimum atomic E-state index is 0.0964. The lowest BCUT2D eigenvalue weighted by Gasteiger charge is -2.32. The summed E-state index contributed by atoms with van der Waals surface area (Å²) in [7, 11) is 0. The van der Waals surface area contributed by atoms with E-state index in [1.54, 1.807) is 0 Å². The van der Waals surface area contributed by atoms with Gasteiger partial charge in [-0.25, -0.2) is 0 Å². The molecule has 0 unspecified atom stereocenters. The molecule has 0 bridgehead atoms. The molecule has 3 heteroatoms. The van der Waals surface area contributed by atoms with Crippen LogP contribution in [0, 0.1) is 19.8 Å². The van der Waals surface area contributed by atoms with Gasteiger partial charge in [0.05, 0.1) is 0 Å². The van der Waals surface area contributed by atoms with Crippen LogP contribution in [0.3, 0.4) is 0 Å². The molecule has 3 rings (SSSR count). The van der Waals surface area contributed by atoms with Crippen LogP contribution in [0.15, 0.2) is 48.5 Å². The Bertz CT molecular complexity index is 703. The molecule has 2 aromatic carbocycles. The maximum absolute atomic E-state index is 12.4. The molecule has 0 atom stereocenters. The van der Waals surface area contributed by atoms with Gasteiger partial charge in [-0.1, -0.05) is 42.5 Å². The Hall–Kier alpha value is -2.29. The van der Waals surface area contributed by atoms with Crippen molar-refractivity contribution >= 4 is 5.91 Å². The molecule has 0 aliphatic carbocycles. The molecule has 3 nitrogen and oxygen atoms in total. The van der Waals surface area contributed by atoms with Gasteiger partial charge >= 0.3 is 0 Å². The number of hydrogen-bond acceptors (Lipinski definition) is 2. The van der Waals surface area contributed by atoms with Crippen LogP contribution in [0.25, 0.3) is 0 Å². The third-order valence-corrected chi connectivity index (χ3v) is 5.03. The normalized spacial score (nSPS) is 15.2. The minimum Gasteiger partial charge on any atom is -0.483 e. The zero-order chi connectivity index (χ0) is 17.6. The Labute approximate surface area is 150 Å². The highest BCUT2D eigenvalue weighted by Crippen LogP contribution is 2.22. The molecule has 2 aromatic rings. The molecule has 1 aliphatic rings. The predicted octanol–water partition coefficient (Wildman–Crippen LogP) is 4.16. The number of likely N-dealkylation sites (tertiary alicyclic amines) is 1. The van der Waals surface area contributed by atoms with Crippen molar-refractivity contribution in [2.45, 2.75) is 33.1 Å². The van der Waals surface area contributed by atoms with Crippen molar-refractivity contribution in [2.24, 2.45) is 5.92 Å². The zero-order valence-corrected chi connectivity index (χ0v) is 15.2. The highest BCUT2D eigenvalue weighted by atomic mass is 16.5. The SMILES string of the molecule is Cc1ccc(C)c(OCC(=O)N2CCC(Cc3ccccc3)CC2)c1. The van der Waals surface area contributed by atoms with E-state index < -0.39 is 0 Å². The van der Waals surface area contributed by atoms with Gasteiger partial charge in [0.15, 0.2) is 6.61 Å². The number of carbonyl (C=O) groups is 1. The van der Waals surface area contributed by atoms with E-state index in [-0.39, 0.29) is 12.5 Å². The molecule has 1 fully saturated rings. The molecular weight excluding hydrogens is 310 g/mol. The smallest absolute Gasteiger partial charge is 0.260 e. The summed E-state index contributed by atoms with van der Waals surface area (Å²) in [5.41, 5.74) is 3.61. The predicted molar refractivity (Wildman–Crippen MR) is 101 cm³/mol. The molecule has 0 N–H and O–H groups in total. The fourth-order valence-electron chi connectivity index (χ4n) is 3.43. The molecule has 1 aliphatic heterocycles. The van der Waals surface area contributed by atoms with Gasteiger partial charge in [0.25, 0.3) is 5.91 Å². The Morgan fingerprint density at radius 2 is 1.80 bits per heavy atom. The number of aryl methyl sites for hydroxylation is 2. The number of piperidine rings is 1. The van der Waals surface area contributed by atoms with Gasteiger partial charge in [-0.3, -0.25) is 4.79 Å². The average Bonchev–Trinajstić information content (AvgIpc) is 2.64. The van der Waals surface area contributed by atoms with Crippen LogP contribution in [0.1, 0.15) is 29.5 Å². The first-order chi connectivity index (χ1) is 12.1. The van der Waals surface area contributed by atoms with Crippen molar-refractivity contribution in [3.05, 3.63) is 65.2 Å². The van der Waals surface area contributed by atoms with Gasteiger partial charge in [0.1, 0.15) is 5.75 Å². The van der Waals surface area contributed by atoms with Gasteiger partial charge in [-0.15, -0.1) is 0 Å². The monoisotopic (exact) mass is 337 g/mol. The van der Waals surface area contributed by atoms with E-state index in [4.69, 9.17) is 4.74 Å². The van der Waals surface area contributed by atoms with E-state index in [2.05, 4.69) is 36.4 Å². The van der Waals surface area contributed by atoms with Crippen molar-refractivity contribution in [1.82, 2.24) is 4.90 Å². The fraction of sp³-hybridized carbons (Fsp3) is 0.409. The first-order valence-corrected chi connectivity index (χ1v) is 9.13. The molecular formula is C22H27NO2. The maximum Gasteiger partial charge on any atom is 0.260 e. The van der Waals surface area contributed by atoms with Crippen LogP contribution in [0.2, 0.25) is 0 Å². The third-order valence-electron chi connectivity index (χ3n) is 5.03. The van der Waals surface area contributed by atoms with Gasteiger partial charge in [-0.2, -0.15) is 0 Å². The zero-order valence-electron chi connectivity index (χ0n) is 15.2. The molecule has 1 saturated heterocycles. The number of benzene rings is 2. The van der Waals surface area contributed by atoms with Crippen LogP contribution in [-0.2, 0) is 11.2 Å². The summed E-state index contributed by atoms with van der Waals surface area (Å²) in [5.74, 6) is 1.58. The van der Waals surface area contributed by atoms with Crippen LogP contribution < -0.4 is 4.74 Å². The van der Waals surface area contributed by atoms with Crippen molar-refractivity contribution in [1.29, 1.82) is 0 Å². The number of carbonyl (C=O) groups excluding carboxylic acids is 1. The van der Waals surface area contributed by atoms with E-state index in [9.17, 15) is 4.79 Å². The van der Waals surface area contributed by atoms with E-state index in [1.807, 2.05) is 30.9 Å². The molecule has 0 saturated carbocycles. The van der Waals surface area contributed by atoms with Gasteiger partial charge in [0.2, 0.25) is 0 Å². The van der Waals surface area contributed by atoms with E-state index >= 15 is 0 Å². The summed E-state index contributed by atoms with van der Waals surface area (Å²) in [4.78, 5) is 14.4. The number of ether oxygens (including phenoxy) is 1. The Balaban J connectivity index is 1.46. The fourth-order valence-corrected chi connectivity index (χ4v) is 3.43. The molecule has 0 radical (unpaired) electrons. The van der Waals surface area contributed by atoms with Crippen molar-refractivity contribution in [3.8, 4) is 5.75 Å². The highest BCUT2D eigenvalue weighted by molar-refractivity contribution is 5.77. The largest absolute Gasteiger partial charge is 0.483 e. The summed E-state index contributed by atoms with van der Waals surface area (Å²) in [6.07, 6.45) is 3.26. The Morgan fingerprint density at radius 1 is 1.08 bits per heavy atom. The topological polar surface area (TPSA) is 29.5 Å². The summed E-state index contributed by atoms with van der Waals surface area (Å²) >= 11 is 0. The van der Waals surface area contributed by atoms with E-state index in [0.29, 0.717) is 5.92 Å². The summed E-state index contributed by atoms with van der Waals surface area (Å²) in [5, 5.41) is 0. The van der Waals surface area contributed by atoms with Crippen molar-refractivity contribution in [2.75, 3.05) is 19.7 Å². The quantitative estimate of drug-likeness (QED) is 0.820. The molecule has 1 amide bonds. The first kappa shape index (κ1) is 17.5. The lowest BCUT2D eigenvalue weighted by molar-refractivity contribution is -0.134. The summed E-state index contributed by atoms with van der Waals surface area (Å²) in [6, 6.07) is 16.7. The number of hydrogen-bond donors (Lipinski definition) is 0. The minimum absolute atomic E-state index is 0.0964. The lowest BCUT2D eigenvalue weighted by atomic mass is 9.90. The Morgan fingerprint density at radius 3 is 2.52 bits per heavy atom. The van der Waals surface area contributed by atoms with Crippen LogP contribution in [-0.4, -0.2) is 30.5 Å². The third kappa shape index (κ3) is 4.85. The maximum atomic E-state index is 12.4. The number of amides is 1. The highest BCUT2D eigenvalue weighted by Gasteiger charge is 2.23. The van der Waals surface area contributed by atoms with Gasteiger partial charge in [0, 0.05) is 13.1 Å². The first-order valence-electron chi connectivity index (χ1n) is 9.13. The van der Waals surface area contributed by atoms with E-state index in [1.165, 1.54) is 5.56 Å². The van der Waals surface area contributed by atoms with Crippen LogP contribution >= 0.6 is 0 Å². The second-order valence-corrected chi connectivity index (χ2v) is 7.07. The van der Waals surface area contributed by atoms with Crippen molar-refractivity contribution in [3.63, 3.8) is 0 Å². The average molecular weight is 337 g/mol. The van der Waals surface area contributed by atoms with E-state index in [0.717, 1.165) is 49.2 Å². The molecule has 1 heterocycles. The molecule has 25 heavy (non-hydrogen) atoms. The number of rotatable bonds is 5. The second kappa shape index (κ2) is 8.19. The van der Waals surface area contributed by atoms with Crippen LogP contribution in [0.5, 0.6) is 5.75 Å². The molecule has 0 spiro atoms. The Kier molecular flexibility index (Phi) is 5.75. The number of nitrogens with zero attached hydrogens (tertiary/aromatic N) is 1. The lowest BCUT2D eigenvalue weighted by Crippen LogP contribution is -2.41. The van der Waals surface area contributed by atoms with Crippen LogP contribution in [0.4, 0.5) is 0 Å². The standard InChI is InChI=1S/C22H27NO2/c1-17-8-9-18(2)21(14-17)25-16-22(24)23-12-10-20(11-13-23)15-19-6-4-3-5-7-19/h3-9,14,20H,10-13,15-16H2,1-2H3. The van der Waals surface area contributed by atoms with Gasteiger partial charge in [-0.05, 0) is 61.8 Å². The second-order valence-electron chi connectivity index (χ2n) is 7.07. The summed E-state index contributed by atoms with van der Waals surface area (Å²) < 4.78 is 5.76. The van der Waals surface area contributed by atoms with Crippen molar-refractivity contribution < 1.29 is 9.53 Å².